The lowest BCUT2D eigenvalue weighted by Gasteiger charge is -2.12. The van der Waals surface area contributed by atoms with E-state index in [2.05, 4.69) is 82.5 Å². The van der Waals surface area contributed by atoms with Crippen LogP contribution in [0.25, 0.3) is 22.2 Å². The Morgan fingerprint density at radius 1 is 0.750 bits per heavy atom. The topological polar surface area (TPSA) is 15.8 Å². The molecule has 1 aliphatic heterocycles. The number of aromatic nitrogens is 1. The van der Waals surface area contributed by atoms with E-state index in [9.17, 15) is 0 Å². The van der Waals surface area contributed by atoms with Crippen LogP contribution in [0.2, 0.25) is 0 Å². The molecule has 0 spiro atoms. The summed E-state index contributed by atoms with van der Waals surface area (Å²) >= 11 is 0. The molecule has 20 heavy (non-hydrogen) atoms. The minimum Gasteiger partial charge on any atom is -0.354 e. The lowest BCUT2D eigenvalue weighted by Crippen LogP contribution is -1.81. The summed E-state index contributed by atoms with van der Waals surface area (Å²) in [4.78, 5) is 5.04. The summed E-state index contributed by atoms with van der Waals surface area (Å²) in [6.07, 6.45) is 4.31. The molecule has 3 aromatic rings. The second kappa shape index (κ2) is 4.73. The van der Waals surface area contributed by atoms with Crippen LogP contribution in [0.3, 0.4) is 0 Å². The molecule has 1 aromatic heterocycles. The summed E-state index contributed by atoms with van der Waals surface area (Å²) in [6.45, 7) is 0. The summed E-state index contributed by atoms with van der Waals surface area (Å²) < 4.78 is 0. The smallest absolute Gasteiger partial charge is 0.0591 e. The van der Waals surface area contributed by atoms with Gasteiger partial charge in [-0.1, -0.05) is 60.7 Å². The van der Waals surface area contributed by atoms with Gasteiger partial charge in [0.05, 0.1) is 5.69 Å². The van der Waals surface area contributed by atoms with Crippen molar-refractivity contribution in [1.29, 1.82) is 0 Å². The molecule has 0 saturated carbocycles. The van der Waals surface area contributed by atoms with Crippen LogP contribution in [0.1, 0.15) is 0 Å². The standard InChI is InChI=1S/C18H15NS/c1-2-8-14(9-3-1)17-18(20-12-6-7-13-20)15-10-4-5-11-16(15)19-17/h1-13,19-20H. The highest BCUT2D eigenvalue weighted by atomic mass is 32.2. The summed E-state index contributed by atoms with van der Waals surface area (Å²) in [5.74, 6) is 0. The van der Waals surface area contributed by atoms with Crippen LogP contribution < -0.4 is 0 Å². The van der Waals surface area contributed by atoms with Crippen LogP contribution >= 0.6 is 10.9 Å². The van der Waals surface area contributed by atoms with Crippen molar-refractivity contribution in [3.63, 3.8) is 0 Å². The Labute approximate surface area is 121 Å². The Morgan fingerprint density at radius 3 is 2.25 bits per heavy atom. The first-order valence-corrected chi connectivity index (χ1v) is 8.21. The summed E-state index contributed by atoms with van der Waals surface area (Å²) in [6, 6.07) is 19.2. The minimum absolute atomic E-state index is 0.340. The van der Waals surface area contributed by atoms with Crippen molar-refractivity contribution in [2.75, 3.05) is 0 Å². The van der Waals surface area contributed by atoms with Gasteiger partial charge in [0.1, 0.15) is 0 Å². The number of thiol groups is 1. The van der Waals surface area contributed by atoms with E-state index >= 15 is 0 Å². The molecule has 2 aromatic carbocycles. The Kier molecular flexibility index (Phi) is 2.75. The van der Waals surface area contributed by atoms with Gasteiger partial charge in [0.25, 0.3) is 0 Å². The molecule has 2 heterocycles. The maximum absolute atomic E-state index is 3.61. The van der Waals surface area contributed by atoms with Crippen LogP contribution in [-0.2, 0) is 0 Å². The van der Waals surface area contributed by atoms with E-state index in [1.165, 1.54) is 27.1 Å². The van der Waals surface area contributed by atoms with Crippen LogP contribution in [0, 0.1) is 0 Å². The Balaban J connectivity index is 2.02. The molecule has 4 rings (SSSR count). The van der Waals surface area contributed by atoms with E-state index in [0.29, 0.717) is 0 Å². The maximum atomic E-state index is 3.61. The molecular formula is C18H15NS. The zero-order valence-corrected chi connectivity index (χ0v) is 11.8. The number of hydrogen-bond acceptors (Lipinski definition) is 0. The molecule has 1 N–H and O–H groups in total. The monoisotopic (exact) mass is 277 g/mol. The van der Waals surface area contributed by atoms with Gasteiger partial charge in [-0.2, -0.15) is 10.9 Å². The molecule has 0 bridgehead atoms. The van der Waals surface area contributed by atoms with Crippen LogP contribution in [0.4, 0.5) is 0 Å². The third-order valence-electron chi connectivity index (χ3n) is 3.60. The first-order chi connectivity index (χ1) is 9.93. The van der Waals surface area contributed by atoms with Crippen molar-refractivity contribution < 1.29 is 0 Å². The molecule has 2 heteroatoms. The van der Waals surface area contributed by atoms with Crippen LogP contribution in [0.15, 0.2) is 82.5 Å². The van der Waals surface area contributed by atoms with E-state index < -0.39 is 0 Å². The van der Waals surface area contributed by atoms with Gasteiger partial charge in [-0.05, 0) is 22.4 Å². The van der Waals surface area contributed by atoms with E-state index in [1.54, 1.807) is 0 Å². The second-order valence-electron chi connectivity index (χ2n) is 4.85. The largest absolute Gasteiger partial charge is 0.354 e. The Hall–Kier alpha value is -2.19. The molecule has 1 aliphatic rings. The van der Waals surface area contributed by atoms with Gasteiger partial charge >= 0.3 is 0 Å². The van der Waals surface area contributed by atoms with Gasteiger partial charge in [-0.3, -0.25) is 0 Å². The number of aromatic amines is 1. The lowest BCUT2D eigenvalue weighted by molar-refractivity contribution is 1.40. The first-order valence-electron chi connectivity index (χ1n) is 6.73. The molecule has 0 radical (unpaired) electrons. The summed E-state index contributed by atoms with van der Waals surface area (Å²) in [7, 11) is -0.340. The molecule has 0 atom stereocenters. The predicted octanol–water partition coefficient (Wildman–Crippen LogP) is 5.24. The fourth-order valence-electron chi connectivity index (χ4n) is 2.69. The quantitative estimate of drug-likeness (QED) is 0.596. The van der Waals surface area contributed by atoms with E-state index in [-0.39, 0.29) is 10.9 Å². The number of hydrogen-bond donors (Lipinski definition) is 2. The molecule has 0 saturated heterocycles. The highest BCUT2D eigenvalue weighted by Gasteiger charge is 2.16. The van der Waals surface area contributed by atoms with E-state index in [0.717, 1.165) is 0 Å². The average Bonchev–Trinajstić information content (AvgIpc) is 3.14. The van der Waals surface area contributed by atoms with Gasteiger partial charge in [0, 0.05) is 15.8 Å². The Bertz CT molecular complexity index is 800. The third kappa shape index (κ3) is 1.81. The van der Waals surface area contributed by atoms with Crippen molar-refractivity contribution in [1.82, 2.24) is 4.98 Å². The highest BCUT2D eigenvalue weighted by molar-refractivity contribution is 8.22. The van der Waals surface area contributed by atoms with Crippen LogP contribution in [-0.4, -0.2) is 4.98 Å². The van der Waals surface area contributed by atoms with Gasteiger partial charge in [-0.15, -0.1) is 0 Å². The van der Waals surface area contributed by atoms with Crippen molar-refractivity contribution >= 4 is 21.8 Å². The van der Waals surface area contributed by atoms with Gasteiger partial charge in [0.2, 0.25) is 0 Å². The Morgan fingerprint density at radius 2 is 1.45 bits per heavy atom. The fourth-order valence-corrected chi connectivity index (χ4v) is 4.58. The minimum atomic E-state index is -0.340. The normalized spacial score (nSPS) is 15.3. The SMILES string of the molecule is C1=C[SH](c2c(-c3ccccc3)[nH]c3ccccc23)C=C1. The number of rotatable bonds is 2. The maximum Gasteiger partial charge on any atom is 0.0591 e. The molecule has 0 fully saturated rings. The molecule has 0 unspecified atom stereocenters. The zero-order chi connectivity index (χ0) is 13.4. The van der Waals surface area contributed by atoms with Gasteiger partial charge < -0.3 is 4.98 Å². The number of benzene rings is 2. The van der Waals surface area contributed by atoms with E-state index in [1.807, 2.05) is 0 Å². The number of allylic oxidation sites excluding steroid dienone is 2. The molecule has 98 valence electrons. The molecule has 1 nitrogen and oxygen atoms in total. The fraction of sp³-hybridized carbons (Fsp3) is 0. The number of H-pyrrole nitrogens is 1. The average molecular weight is 277 g/mol. The van der Waals surface area contributed by atoms with Gasteiger partial charge in [0.15, 0.2) is 0 Å². The summed E-state index contributed by atoms with van der Waals surface area (Å²) in [5.41, 5.74) is 3.74. The van der Waals surface area contributed by atoms with Crippen molar-refractivity contribution in [3.05, 3.63) is 77.6 Å². The summed E-state index contributed by atoms with van der Waals surface area (Å²) in [5, 5.41) is 5.98. The number of nitrogens with one attached hydrogen (secondary N) is 1. The number of fused-ring (bicyclic) bond motifs is 1. The van der Waals surface area contributed by atoms with E-state index in [4.69, 9.17) is 0 Å². The highest BCUT2D eigenvalue weighted by Crippen LogP contribution is 2.50. The third-order valence-corrected chi connectivity index (χ3v) is 5.57. The molecular weight excluding hydrogens is 262 g/mol. The predicted molar refractivity (Wildman–Crippen MR) is 89.3 cm³/mol. The first kappa shape index (κ1) is 11.6. The van der Waals surface area contributed by atoms with Crippen molar-refractivity contribution in [2.24, 2.45) is 0 Å². The van der Waals surface area contributed by atoms with Crippen LogP contribution in [0.5, 0.6) is 0 Å². The number of para-hydroxylation sites is 1. The van der Waals surface area contributed by atoms with Crippen molar-refractivity contribution in [3.8, 4) is 11.3 Å². The van der Waals surface area contributed by atoms with Gasteiger partial charge in [-0.25, -0.2) is 0 Å². The lowest BCUT2D eigenvalue weighted by atomic mass is 10.1. The molecule has 0 aliphatic carbocycles. The second-order valence-corrected chi connectivity index (χ2v) is 6.71. The van der Waals surface area contributed by atoms with Crippen molar-refractivity contribution in [2.45, 2.75) is 4.90 Å². The molecule has 0 amide bonds. The zero-order valence-electron chi connectivity index (χ0n) is 11.0.